The number of carbonyl (C=O) groups is 4. The monoisotopic (exact) mass is 466 g/mol. The first-order valence-corrected chi connectivity index (χ1v) is 12.5. The summed E-state index contributed by atoms with van der Waals surface area (Å²) in [6, 6.07) is 0. The molecule has 9 nitrogen and oxygen atoms in total. The summed E-state index contributed by atoms with van der Waals surface area (Å²) < 4.78 is 5.31. The molecule has 2 fully saturated rings. The Kier molecular flexibility index (Phi) is 11.1. The molecule has 0 spiro atoms. The van der Waals surface area contributed by atoms with Crippen molar-refractivity contribution in [2.75, 3.05) is 32.8 Å². The van der Waals surface area contributed by atoms with Gasteiger partial charge >= 0.3 is 5.97 Å². The first-order chi connectivity index (χ1) is 15.7. The maximum absolute atomic E-state index is 13.0. The lowest BCUT2D eigenvalue weighted by Gasteiger charge is -2.35. The summed E-state index contributed by atoms with van der Waals surface area (Å²) in [5, 5.41) is 8.55. The van der Waals surface area contributed by atoms with E-state index >= 15 is 0 Å². The highest BCUT2D eigenvalue weighted by Gasteiger charge is 2.40. The number of piperidine rings is 2. The van der Waals surface area contributed by atoms with E-state index in [1.165, 1.54) is 13.8 Å². The Morgan fingerprint density at radius 1 is 1.09 bits per heavy atom. The SMILES string of the molecule is CCCCCOC(=O)[C@@](C)(NC(C)=O)NC(=O)[C@@H]1CCCN(C(=O)CCC2CCNCC2)C1. The number of esters is 1. The second-order valence-corrected chi connectivity index (χ2v) is 9.55. The number of carbonyl (C=O) groups excluding carboxylic acids is 4. The van der Waals surface area contributed by atoms with Gasteiger partial charge in [0.05, 0.1) is 12.5 Å². The highest BCUT2D eigenvalue weighted by Crippen LogP contribution is 2.22. The summed E-state index contributed by atoms with van der Waals surface area (Å²) >= 11 is 0. The van der Waals surface area contributed by atoms with Crippen LogP contribution in [0.15, 0.2) is 0 Å². The van der Waals surface area contributed by atoms with Crippen LogP contribution in [0.25, 0.3) is 0 Å². The van der Waals surface area contributed by atoms with Crippen molar-refractivity contribution < 1.29 is 23.9 Å². The summed E-state index contributed by atoms with van der Waals surface area (Å²) in [5.74, 6) is -1.24. The van der Waals surface area contributed by atoms with Gasteiger partial charge in [0.2, 0.25) is 23.4 Å². The average molecular weight is 467 g/mol. The second kappa shape index (κ2) is 13.5. The normalized spacial score (nSPS) is 21.1. The molecule has 2 atom stereocenters. The van der Waals surface area contributed by atoms with Crippen molar-refractivity contribution in [2.24, 2.45) is 11.8 Å². The zero-order chi connectivity index (χ0) is 24.3. The number of ether oxygens (including phenoxy) is 1. The molecule has 3 N–H and O–H groups in total. The summed E-state index contributed by atoms with van der Waals surface area (Å²) in [7, 11) is 0. The molecule has 0 aromatic heterocycles. The number of hydrogen-bond acceptors (Lipinski definition) is 6. The van der Waals surface area contributed by atoms with Crippen LogP contribution in [0.2, 0.25) is 0 Å². The Morgan fingerprint density at radius 2 is 1.82 bits per heavy atom. The molecule has 0 aliphatic carbocycles. The number of hydrogen-bond donors (Lipinski definition) is 3. The van der Waals surface area contributed by atoms with Crippen LogP contribution in [0.3, 0.4) is 0 Å². The third kappa shape index (κ3) is 8.95. The van der Waals surface area contributed by atoms with E-state index in [1.807, 2.05) is 0 Å². The lowest BCUT2D eigenvalue weighted by Crippen LogP contribution is -2.65. The number of rotatable bonds is 11. The smallest absolute Gasteiger partial charge is 0.352 e. The van der Waals surface area contributed by atoms with Gasteiger partial charge < -0.3 is 25.6 Å². The van der Waals surface area contributed by atoms with Crippen molar-refractivity contribution in [3.8, 4) is 0 Å². The summed E-state index contributed by atoms with van der Waals surface area (Å²) in [4.78, 5) is 52.0. The fraction of sp³-hybridized carbons (Fsp3) is 0.833. The van der Waals surface area contributed by atoms with Crippen molar-refractivity contribution >= 4 is 23.7 Å². The summed E-state index contributed by atoms with van der Waals surface area (Å²) in [6.07, 6.45) is 7.62. The molecule has 9 heteroatoms. The molecule has 2 aliphatic heterocycles. The molecule has 2 rings (SSSR count). The molecule has 0 aromatic rings. The second-order valence-electron chi connectivity index (χ2n) is 9.55. The maximum Gasteiger partial charge on any atom is 0.352 e. The molecule has 2 aliphatic rings. The van der Waals surface area contributed by atoms with Crippen molar-refractivity contribution in [1.29, 1.82) is 0 Å². The maximum atomic E-state index is 13.0. The molecule has 2 heterocycles. The average Bonchev–Trinajstić information content (AvgIpc) is 2.80. The van der Waals surface area contributed by atoms with E-state index < -0.39 is 23.5 Å². The predicted molar refractivity (Wildman–Crippen MR) is 125 cm³/mol. The minimum Gasteiger partial charge on any atom is -0.463 e. The van der Waals surface area contributed by atoms with Crippen LogP contribution < -0.4 is 16.0 Å². The molecule has 33 heavy (non-hydrogen) atoms. The molecule has 188 valence electrons. The van der Waals surface area contributed by atoms with Crippen LogP contribution in [-0.4, -0.2) is 67.0 Å². The molecule has 3 amide bonds. The topological polar surface area (TPSA) is 117 Å². The minimum absolute atomic E-state index is 0.0889. The van der Waals surface area contributed by atoms with Gasteiger partial charge in [0.15, 0.2) is 0 Å². The molecule has 0 bridgehead atoms. The quantitative estimate of drug-likeness (QED) is 0.242. The third-order valence-corrected chi connectivity index (χ3v) is 6.56. The van der Waals surface area contributed by atoms with Gasteiger partial charge in [-0.25, -0.2) is 4.79 Å². The molecular weight excluding hydrogens is 424 g/mol. The Balaban J connectivity index is 1.90. The van der Waals surface area contributed by atoms with E-state index in [1.54, 1.807) is 4.90 Å². The third-order valence-electron chi connectivity index (χ3n) is 6.56. The summed E-state index contributed by atoms with van der Waals surface area (Å²) in [6.45, 7) is 8.03. The predicted octanol–water partition coefficient (Wildman–Crippen LogP) is 1.71. The molecule has 0 radical (unpaired) electrons. The largest absolute Gasteiger partial charge is 0.463 e. The van der Waals surface area contributed by atoms with Crippen molar-refractivity contribution in [1.82, 2.24) is 20.9 Å². The zero-order valence-corrected chi connectivity index (χ0v) is 20.5. The van der Waals surface area contributed by atoms with Crippen LogP contribution >= 0.6 is 0 Å². The Morgan fingerprint density at radius 3 is 2.48 bits per heavy atom. The lowest BCUT2D eigenvalue weighted by atomic mass is 9.92. The van der Waals surface area contributed by atoms with Crippen LogP contribution in [0, 0.1) is 11.8 Å². The number of unbranched alkanes of at least 4 members (excludes halogenated alkanes) is 2. The Bertz CT molecular complexity index is 680. The van der Waals surface area contributed by atoms with E-state index in [-0.39, 0.29) is 18.4 Å². The van der Waals surface area contributed by atoms with E-state index in [9.17, 15) is 19.2 Å². The van der Waals surface area contributed by atoms with E-state index in [4.69, 9.17) is 4.74 Å². The Labute approximate surface area is 197 Å². The fourth-order valence-corrected chi connectivity index (χ4v) is 4.57. The molecule has 0 unspecified atom stereocenters. The van der Waals surface area contributed by atoms with E-state index in [2.05, 4.69) is 22.9 Å². The van der Waals surface area contributed by atoms with Crippen molar-refractivity contribution in [3.63, 3.8) is 0 Å². The van der Waals surface area contributed by atoms with Gasteiger partial charge in [0.25, 0.3) is 0 Å². The van der Waals surface area contributed by atoms with Crippen molar-refractivity contribution in [3.05, 3.63) is 0 Å². The van der Waals surface area contributed by atoms with Gasteiger partial charge in [-0.2, -0.15) is 0 Å². The minimum atomic E-state index is -1.64. The van der Waals surface area contributed by atoms with E-state index in [0.29, 0.717) is 31.8 Å². The fourth-order valence-electron chi connectivity index (χ4n) is 4.57. The van der Waals surface area contributed by atoms with Gasteiger partial charge in [0.1, 0.15) is 0 Å². The van der Waals surface area contributed by atoms with Gasteiger partial charge in [-0.1, -0.05) is 19.8 Å². The van der Waals surface area contributed by atoms with E-state index in [0.717, 1.165) is 58.0 Å². The zero-order valence-electron chi connectivity index (χ0n) is 20.5. The van der Waals surface area contributed by atoms with Crippen LogP contribution in [-0.2, 0) is 23.9 Å². The number of nitrogens with one attached hydrogen (secondary N) is 3. The number of amides is 3. The number of nitrogens with zero attached hydrogens (tertiary/aromatic N) is 1. The van der Waals surface area contributed by atoms with Gasteiger partial charge in [-0.3, -0.25) is 14.4 Å². The van der Waals surface area contributed by atoms with Crippen LogP contribution in [0.1, 0.15) is 78.6 Å². The van der Waals surface area contributed by atoms with Gasteiger partial charge in [-0.15, -0.1) is 0 Å². The molecule has 0 saturated carbocycles. The first kappa shape index (κ1) is 27.1. The first-order valence-electron chi connectivity index (χ1n) is 12.5. The molecular formula is C24H42N4O5. The van der Waals surface area contributed by atoms with Gasteiger partial charge in [0, 0.05) is 26.4 Å². The van der Waals surface area contributed by atoms with Crippen LogP contribution in [0.5, 0.6) is 0 Å². The lowest BCUT2D eigenvalue weighted by molar-refractivity contribution is -0.157. The Hall–Kier alpha value is -2.16. The molecule has 2 saturated heterocycles. The highest BCUT2D eigenvalue weighted by atomic mass is 16.5. The highest BCUT2D eigenvalue weighted by molar-refractivity contribution is 5.92. The van der Waals surface area contributed by atoms with Gasteiger partial charge in [-0.05, 0) is 64.5 Å². The molecule has 0 aromatic carbocycles. The standard InChI is InChI=1S/C24H42N4O5/c1-4-5-6-16-33-23(32)24(3,26-18(2)29)27-22(31)20-8-7-15-28(17-20)21(30)10-9-19-11-13-25-14-12-19/h19-20,25H,4-17H2,1-3H3,(H,26,29)(H,27,31)/t20-,24+/m1/s1. The van der Waals surface area contributed by atoms with Crippen molar-refractivity contribution in [2.45, 2.75) is 84.2 Å². The summed E-state index contributed by atoms with van der Waals surface area (Å²) in [5.41, 5.74) is -1.64. The number of likely N-dealkylation sites (tertiary alicyclic amines) is 1. The van der Waals surface area contributed by atoms with Crippen LogP contribution in [0.4, 0.5) is 0 Å².